The van der Waals surface area contributed by atoms with Gasteiger partial charge in [-0.25, -0.2) is 17.5 Å². The van der Waals surface area contributed by atoms with Gasteiger partial charge in [0.2, 0.25) is 10.0 Å². The first-order valence-electron chi connectivity index (χ1n) is 9.60. The van der Waals surface area contributed by atoms with Crippen molar-refractivity contribution >= 4 is 27.3 Å². The lowest BCUT2D eigenvalue weighted by Gasteiger charge is -2.35. The summed E-state index contributed by atoms with van der Waals surface area (Å²) in [6.07, 6.45) is 0. The summed E-state index contributed by atoms with van der Waals surface area (Å²) in [4.78, 5) is 2.34. The van der Waals surface area contributed by atoms with E-state index in [1.807, 2.05) is 24.3 Å². The highest BCUT2D eigenvalue weighted by molar-refractivity contribution is 7.89. The molecule has 0 aliphatic carbocycles. The summed E-state index contributed by atoms with van der Waals surface area (Å²) >= 11 is 6.08. The van der Waals surface area contributed by atoms with Crippen molar-refractivity contribution in [2.24, 2.45) is 0 Å². The van der Waals surface area contributed by atoms with E-state index in [0.29, 0.717) is 48.3 Å². The molecule has 0 amide bonds. The van der Waals surface area contributed by atoms with Crippen LogP contribution in [0.3, 0.4) is 0 Å². The van der Waals surface area contributed by atoms with Crippen LogP contribution in [0.2, 0.25) is 5.02 Å². The molecule has 158 valence electrons. The maximum absolute atomic E-state index is 13.4. The van der Waals surface area contributed by atoms with E-state index in [9.17, 15) is 12.8 Å². The predicted octanol–water partition coefficient (Wildman–Crippen LogP) is 3.79. The van der Waals surface area contributed by atoms with Crippen LogP contribution in [0.5, 0.6) is 0 Å². The molecule has 0 saturated carbocycles. The molecule has 0 unspecified atom stereocenters. The Balaban J connectivity index is 1.58. The SMILES string of the molecule is Cc1nn(-c2ccc(F)cc2)c(C)c1S(=O)(=O)N1CCN(c2cccc(Cl)c2)CC1. The Kier molecular flexibility index (Phi) is 5.57. The van der Waals surface area contributed by atoms with Crippen molar-refractivity contribution in [3.05, 3.63) is 70.8 Å². The fraction of sp³-hybridized carbons (Fsp3) is 0.286. The number of benzene rings is 2. The average molecular weight is 449 g/mol. The molecule has 1 aliphatic heterocycles. The highest BCUT2D eigenvalue weighted by Gasteiger charge is 2.33. The minimum absolute atomic E-state index is 0.211. The topological polar surface area (TPSA) is 58.4 Å². The van der Waals surface area contributed by atoms with Gasteiger partial charge in [-0.2, -0.15) is 9.40 Å². The zero-order valence-electron chi connectivity index (χ0n) is 16.7. The fourth-order valence-electron chi connectivity index (χ4n) is 3.82. The van der Waals surface area contributed by atoms with Crippen molar-refractivity contribution in [2.45, 2.75) is 18.7 Å². The highest BCUT2D eigenvalue weighted by Crippen LogP contribution is 2.28. The van der Waals surface area contributed by atoms with E-state index >= 15 is 0 Å². The standard InChI is InChI=1S/C21H22ClFN4O2S/c1-15-21(16(2)27(24-15)19-8-6-18(23)7-9-19)30(28,29)26-12-10-25(11-13-26)20-5-3-4-17(22)14-20/h3-9,14H,10-13H2,1-2H3. The largest absolute Gasteiger partial charge is 0.369 e. The zero-order valence-corrected chi connectivity index (χ0v) is 18.3. The summed E-state index contributed by atoms with van der Waals surface area (Å²) in [6, 6.07) is 13.4. The summed E-state index contributed by atoms with van der Waals surface area (Å²) in [6.45, 7) is 5.29. The molecule has 4 rings (SSSR count). The molecule has 6 nitrogen and oxygen atoms in total. The number of piperazine rings is 1. The zero-order chi connectivity index (χ0) is 21.5. The second-order valence-corrected chi connectivity index (χ2v) is 9.57. The predicted molar refractivity (Wildman–Crippen MR) is 115 cm³/mol. The van der Waals surface area contributed by atoms with Crippen LogP contribution in [-0.4, -0.2) is 48.7 Å². The van der Waals surface area contributed by atoms with Crippen LogP contribution >= 0.6 is 11.6 Å². The average Bonchev–Trinajstić information content (AvgIpc) is 3.03. The van der Waals surface area contributed by atoms with Gasteiger partial charge in [-0.15, -0.1) is 0 Å². The lowest BCUT2D eigenvalue weighted by Crippen LogP contribution is -2.48. The molecule has 1 aliphatic rings. The summed E-state index contributed by atoms with van der Waals surface area (Å²) in [5, 5.41) is 5.06. The van der Waals surface area contributed by atoms with Crippen LogP contribution in [-0.2, 0) is 10.0 Å². The minimum Gasteiger partial charge on any atom is -0.369 e. The molecule has 3 aromatic rings. The molecule has 2 heterocycles. The molecule has 0 atom stereocenters. The van der Waals surface area contributed by atoms with Crippen molar-refractivity contribution < 1.29 is 12.8 Å². The number of sulfonamides is 1. The molecule has 2 aromatic carbocycles. The van der Waals surface area contributed by atoms with Crippen molar-refractivity contribution in [1.29, 1.82) is 0 Å². The van der Waals surface area contributed by atoms with Gasteiger partial charge in [-0.1, -0.05) is 17.7 Å². The lowest BCUT2D eigenvalue weighted by molar-refractivity contribution is 0.384. The van der Waals surface area contributed by atoms with Crippen molar-refractivity contribution in [1.82, 2.24) is 14.1 Å². The van der Waals surface area contributed by atoms with Crippen LogP contribution < -0.4 is 4.90 Å². The number of anilines is 1. The summed E-state index contributed by atoms with van der Waals surface area (Å²) in [7, 11) is -3.71. The maximum Gasteiger partial charge on any atom is 0.246 e. The van der Waals surface area contributed by atoms with Gasteiger partial charge < -0.3 is 4.90 Å². The molecule has 1 fully saturated rings. The quantitative estimate of drug-likeness (QED) is 0.609. The molecular formula is C21H22ClFN4O2S. The molecular weight excluding hydrogens is 427 g/mol. The smallest absolute Gasteiger partial charge is 0.246 e. The number of aromatic nitrogens is 2. The lowest BCUT2D eigenvalue weighted by atomic mass is 10.2. The Morgan fingerprint density at radius 3 is 2.27 bits per heavy atom. The van der Waals surface area contributed by atoms with Gasteiger partial charge in [0.1, 0.15) is 10.7 Å². The Labute approximate surface area is 180 Å². The molecule has 1 saturated heterocycles. The van der Waals surface area contributed by atoms with E-state index in [1.54, 1.807) is 30.7 Å². The Hall–Kier alpha value is -2.42. The molecule has 0 radical (unpaired) electrons. The van der Waals surface area contributed by atoms with Gasteiger partial charge in [0.25, 0.3) is 0 Å². The van der Waals surface area contributed by atoms with E-state index < -0.39 is 10.0 Å². The fourth-order valence-corrected chi connectivity index (χ4v) is 5.78. The second kappa shape index (κ2) is 8.02. The molecule has 1 aromatic heterocycles. The number of nitrogens with zero attached hydrogens (tertiary/aromatic N) is 4. The molecule has 30 heavy (non-hydrogen) atoms. The third-order valence-electron chi connectivity index (χ3n) is 5.31. The number of hydrogen-bond donors (Lipinski definition) is 0. The van der Waals surface area contributed by atoms with E-state index in [4.69, 9.17) is 11.6 Å². The summed E-state index contributed by atoms with van der Waals surface area (Å²) in [5.74, 6) is -0.356. The number of aryl methyl sites for hydroxylation is 1. The first kappa shape index (κ1) is 20.8. The Morgan fingerprint density at radius 2 is 1.63 bits per heavy atom. The minimum atomic E-state index is -3.71. The Bertz CT molecular complexity index is 1170. The molecule has 0 spiro atoms. The Morgan fingerprint density at radius 1 is 0.967 bits per heavy atom. The summed E-state index contributed by atoms with van der Waals surface area (Å²) < 4.78 is 43.1. The van der Waals surface area contributed by atoms with Gasteiger partial charge in [0.15, 0.2) is 0 Å². The second-order valence-electron chi connectivity index (χ2n) is 7.26. The van der Waals surface area contributed by atoms with Gasteiger partial charge in [0, 0.05) is 36.9 Å². The van der Waals surface area contributed by atoms with E-state index in [1.165, 1.54) is 16.4 Å². The van der Waals surface area contributed by atoms with Crippen LogP contribution in [0.25, 0.3) is 5.69 Å². The number of halogens is 2. The van der Waals surface area contributed by atoms with Gasteiger partial charge in [-0.3, -0.25) is 0 Å². The third kappa shape index (κ3) is 3.82. The maximum atomic E-state index is 13.4. The van der Waals surface area contributed by atoms with E-state index in [0.717, 1.165) is 5.69 Å². The summed E-state index contributed by atoms with van der Waals surface area (Å²) in [5.41, 5.74) is 2.53. The monoisotopic (exact) mass is 448 g/mol. The first-order valence-corrected chi connectivity index (χ1v) is 11.4. The van der Waals surface area contributed by atoms with Gasteiger partial charge in [-0.05, 0) is 56.3 Å². The molecule has 0 bridgehead atoms. The van der Waals surface area contributed by atoms with Crippen LogP contribution in [0.1, 0.15) is 11.4 Å². The van der Waals surface area contributed by atoms with Crippen molar-refractivity contribution in [3.63, 3.8) is 0 Å². The normalized spacial score (nSPS) is 15.5. The van der Waals surface area contributed by atoms with Gasteiger partial charge >= 0.3 is 0 Å². The number of rotatable bonds is 4. The third-order valence-corrected chi connectivity index (χ3v) is 7.69. The number of hydrogen-bond acceptors (Lipinski definition) is 4. The highest BCUT2D eigenvalue weighted by atomic mass is 35.5. The van der Waals surface area contributed by atoms with Gasteiger partial charge in [0.05, 0.1) is 17.1 Å². The van der Waals surface area contributed by atoms with Crippen LogP contribution in [0.4, 0.5) is 10.1 Å². The van der Waals surface area contributed by atoms with Crippen molar-refractivity contribution in [3.8, 4) is 5.69 Å². The molecule has 0 N–H and O–H groups in total. The van der Waals surface area contributed by atoms with Crippen LogP contribution in [0, 0.1) is 19.7 Å². The van der Waals surface area contributed by atoms with Crippen LogP contribution in [0.15, 0.2) is 53.4 Å². The van der Waals surface area contributed by atoms with E-state index in [2.05, 4.69) is 10.00 Å². The molecule has 9 heteroatoms. The van der Waals surface area contributed by atoms with Crippen molar-refractivity contribution in [2.75, 3.05) is 31.1 Å². The first-order chi connectivity index (χ1) is 14.3. The van der Waals surface area contributed by atoms with E-state index in [-0.39, 0.29) is 10.7 Å².